The number of hydrogen-bond donors (Lipinski definition) is 2. The average Bonchev–Trinajstić information content (AvgIpc) is 3.09. The van der Waals surface area contributed by atoms with Crippen molar-refractivity contribution in [1.82, 2.24) is 15.1 Å². The average molecular weight is 414 g/mol. The lowest BCUT2D eigenvalue weighted by atomic mass is 9.98. The van der Waals surface area contributed by atoms with Gasteiger partial charge in [-0.15, -0.1) is 0 Å². The second kappa shape index (κ2) is 7.57. The fourth-order valence-corrected chi connectivity index (χ4v) is 4.82. The molecule has 0 bridgehead atoms. The van der Waals surface area contributed by atoms with Crippen LogP contribution in [0, 0.1) is 0 Å². The van der Waals surface area contributed by atoms with Crippen LogP contribution < -0.4 is 11.1 Å². The Kier molecular flexibility index (Phi) is 5.21. The van der Waals surface area contributed by atoms with Gasteiger partial charge in [0.2, 0.25) is 11.8 Å². The van der Waals surface area contributed by atoms with E-state index in [2.05, 4.69) is 17.1 Å². The number of hydrogen-bond acceptors (Lipinski definition) is 7. The Labute approximate surface area is 174 Å². The Morgan fingerprint density at radius 3 is 2.63 bits per heavy atom. The Balaban J connectivity index is 1.56. The maximum atomic E-state index is 13.0. The highest BCUT2D eigenvalue weighted by atomic mass is 16.5. The van der Waals surface area contributed by atoms with E-state index >= 15 is 0 Å². The van der Waals surface area contributed by atoms with E-state index in [9.17, 15) is 19.2 Å². The van der Waals surface area contributed by atoms with Gasteiger partial charge in [0.15, 0.2) is 0 Å². The highest BCUT2D eigenvalue weighted by molar-refractivity contribution is 6.23. The maximum Gasteiger partial charge on any atom is 0.262 e. The Morgan fingerprint density at radius 1 is 1.20 bits per heavy atom. The summed E-state index contributed by atoms with van der Waals surface area (Å²) in [7, 11) is 1.66. The van der Waals surface area contributed by atoms with Gasteiger partial charge in [-0.05, 0) is 37.5 Å². The molecular formula is C21H26N4O5. The van der Waals surface area contributed by atoms with Gasteiger partial charge in [0, 0.05) is 38.2 Å². The van der Waals surface area contributed by atoms with E-state index in [1.165, 1.54) is 0 Å². The molecular weight excluding hydrogens is 388 g/mol. The van der Waals surface area contributed by atoms with Crippen LogP contribution in [0.4, 0.5) is 0 Å². The molecule has 1 aromatic carbocycles. The van der Waals surface area contributed by atoms with Gasteiger partial charge in [0.1, 0.15) is 6.04 Å². The van der Waals surface area contributed by atoms with Crippen LogP contribution in [-0.4, -0.2) is 71.3 Å². The van der Waals surface area contributed by atoms with Crippen LogP contribution in [0.15, 0.2) is 18.2 Å². The van der Waals surface area contributed by atoms with Crippen LogP contribution in [-0.2, 0) is 20.9 Å². The monoisotopic (exact) mass is 414 g/mol. The van der Waals surface area contributed by atoms with Gasteiger partial charge in [-0.3, -0.25) is 34.3 Å². The quantitative estimate of drug-likeness (QED) is 0.652. The number of imide groups is 2. The highest BCUT2D eigenvalue weighted by Crippen LogP contribution is 2.32. The second-order valence-corrected chi connectivity index (χ2v) is 8.60. The third kappa shape index (κ3) is 3.42. The van der Waals surface area contributed by atoms with Crippen molar-refractivity contribution in [2.45, 2.75) is 50.4 Å². The van der Waals surface area contributed by atoms with Crippen molar-refractivity contribution in [3.8, 4) is 0 Å². The number of methoxy groups -OCH3 is 1. The first-order valence-electron chi connectivity index (χ1n) is 10.1. The van der Waals surface area contributed by atoms with E-state index in [0.717, 1.165) is 16.9 Å². The number of carbonyl (C=O) groups is 4. The lowest BCUT2D eigenvalue weighted by Crippen LogP contribution is -2.54. The van der Waals surface area contributed by atoms with E-state index in [4.69, 9.17) is 10.5 Å². The molecule has 1 aromatic rings. The molecule has 160 valence electrons. The molecule has 3 heterocycles. The maximum absolute atomic E-state index is 13.0. The molecule has 3 unspecified atom stereocenters. The lowest BCUT2D eigenvalue weighted by molar-refractivity contribution is -0.136. The first kappa shape index (κ1) is 20.6. The summed E-state index contributed by atoms with van der Waals surface area (Å²) >= 11 is 0. The summed E-state index contributed by atoms with van der Waals surface area (Å²) in [5, 5.41) is 2.20. The predicted octanol–water partition coefficient (Wildman–Crippen LogP) is 0.0259. The number of ether oxygens (including phenoxy) is 1. The molecule has 2 saturated heterocycles. The lowest BCUT2D eigenvalue weighted by Gasteiger charge is -2.34. The van der Waals surface area contributed by atoms with Crippen molar-refractivity contribution in [3.63, 3.8) is 0 Å². The number of piperidine rings is 1. The molecule has 9 heteroatoms. The van der Waals surface area contributed by atoms with Crippen LogP contribution in [0.3, 0.4) is 0 Å². The number of amides is 4. The van der Waals surface area contributed by atoms with Crippen LogP contribution >= 0.6 is 0 Å². The number of carbonyl (C=O) groups excluding carboxylic acids is 4. The molecule has 4 rings (SSSR count). The number of nitrogens with one attached hydrogen (secondary N) is 1. The molecule has 9 nitrogen and oxygen atoms in total. The SMILES string of the molecule is COCC1(C)CC(N)CN1Cc1ccc2c(c1)C(=O)N(C1CCC(=O)NC1=O)C2=O. The summed E-state index contributed by atoms with van der Waals surface area (Å²) in [5.74, 6) is -1.99. The first-order chi connectivity index (χ1) is 14.2. The summed E-state index contributed by atoms with van der Waals surface area (Å²) in [4.78, 5) is 52.6. The minimum absolute atomic E-state index is 0.0470. The molecule has 2 fully saturated rings. The van der Waals surface area contributed by atoms with E-state index in [1.807, 2.05) is 6.07 Å². The summed E-state index contributed by atoms with van der Waals surface area (Å²) in [6.45, 7) is 3.94. The minimum atomic E-state index is -0.958. The number of rotatable bonds is 5. The predicted molar refractivity (Wildman–Crippen MR) is 106 cm³/mol. The van der Waals surface area contributed by atoms with E-state index in [0.29, 0.717) is 25.3 Å². The number of fused-ring (bicyclic) bond motifs is 1. The number of likely N-dealkylation sites (tertiary alicyclic amines) is 1. The van der Waals surface area contributed by atoms with Gasteiger partial charge in [-0.1, -0.05) is 6.07 Å². The third-order valence-electron chi connectivity index (χ3n) is 6.25. The molecule has 0 radical (unpaired) electrons. The summed E-state index contributed by atoms with van der Waals surface area (Å²) in [5.41, 5.74) is 7.43. The second-order valence-electron chi connectivity index (χ2n) is 8.60. The van der Waals surface area contributed by atoms with Crippen molar-refractivity contribution >= 4 is 23.6 Å². The molecule has 0 saturated carbocycles. The van der Waals surface area contributed by atoms with E-state index < -0.39 is 29.7 Å². The van der Waals surface area contributed by atoms with Crippen LogP contribution in [0.5, 0.6) is 0 Å². The van der Waals surface area contributed by atoms with Gasteiger partial charge in [-0.2, -0.15) is 0 Å². The Hall–Kier alpha value is -2.62. The molecule has 4 amide bonds. The van der Waals surface area contributed by atoms with Gasteiger partial charge in [-0.25, -0.2) is 0 Å². The molecule has 0 aromatic heterocycles. The standard InChI is InChI=1S/C21H26N4O5/c1-21(11-30-2)8-13(22)10-24(21)9-12-3-4-14-15(7-12)20(29)25(19(14)28)16-5-6-17(26)23-18(16)27/h3-4,7,13,16H,5-6,8-11,22H2,1-2H3,(H,23,26,27). The van der Waals surface area contributed by atoms with Crippen molar-refractivity contribution in [2.24, 2.45) is 5.73 Å². The first-order valence-corrected chi connectivity index (χ1v) is 10.1. The summed E-state index contributed by atoms with van der Waals surface area (Å²) < 4.78 is 5.38. The zero-order valence-corrected chi connectivity index (χ0v) is 17.1. The minimum Gasteiger partial charge on any atom is -0.383 e. The molecule has 0 aliphatic carbocycles. The zero-order chi connectivity index (χ0) is 21.6. The van der Waals surface area contributed by atoms with Crippen molar-refractivity contribution in [3.05, 3.63) is 34.9 Å². The molecule has 3 N–H and O–H groups in total. The summed E-state index contributed by atoms with van der Waals surface area (Å²) in [6, 6.07) is 4.28. The van der Waals surface area contributed by atoms with Gasteiger partial charge < -0.3 is 10.5 Å². The van der Waals surface area contributed by atoms with Crippen LogP contribution in [0.25, 0.3) is 0 Å². The number of nitrogens with zero attached hydrogens (tertiary/aromatic N) is 2. The number of nitrogens with two attached hydrogens (primary N) is 1. The van der Waals surface area contributed by atoms with Crippen molar-refractivity contribution < 1.29 is 23.9 Å². The largest absolute Gasteiger partial charge is 0.383 e. The molecule has 3 atom stereocenters. The summed E-state index contributed by atoms with van der Waals surface area (Å²) in [6.07, 6.45) is 1.05. The molecule has 3 aliphatic rings. The van der Waals surface area contributed by atoms with Crippen LogP contribution in [0.1, 0.15) is 52.5 Å². The third-order valence-corrected chi connectivity index (χ3v) is 6.25. The molecule has 3 aliphatic heterocycles. The van der Waals surface area contributed by atoms with Crippen molar-refractivity contribution in [1.29, 1.82) is 0 Å². The van der Waals surface area contributed by atoms with Crippen LogP contribution in [0.2, 0.25) is 0 Å². The van der Waals surface area contributed by atoms with Crippen molar-refractivity contribution in [2.75, 3.05) is 20.3 Å². The number of benzene rings is 1. The Bertz CT molecular complexity index is 932. The smallest absolute Gasteiger partial charge is 0.262 e. The highest BCUT2D eigenvalue weighted by Gasteiger charge is 2.45. The van der Waals surface area contributed by atoms with E-state index in [1.54, 1.807) is 19.2 Å². The molecule has 30 heavy (non-hydrogen) atoms. The fourth-order valence-electron chi connectivity index (χ4n) is 4.82. The van der Waals surface area contributed by atoms with E-state index in [-0.39, 0.29) is 30.0 Å². The van der Waals surface area contributed by atoms with Gasteiger partial charge in [0.25, 0.3) is 11.8 Å². The van der Waals surface area contributed by atoms with Gasteiger partial charge >= 0.3 is 0 Å². The fraction of sp³-hybridized carbons (Fsp3) is 0.524. The molecule has 0 spiro atoms. The zero-order valence-electron chi connectivity index (χ0n) is 17.1. The Morgan fingerprint density at radius 2 is 1.93 bits per heavy atom. The topological polar surface area (TPSA) is 122 Å². The normalized spacial score (nSPS) is 29.5. The van der Waals surface area contributed by atoms with Gasteiger partial charge in [0.05, 0.1) is 17.7 Å².